The molecule has 2 aliphatic rings. The van der Waals surface area contributed by atoms with Crippen molar-refractivity contribution in [3.05, 3.63) is 116 Å². The average molecular weight is 770 g/mol. The molecule has 6 heterocycles. The van der Waals surface area contributed by atoms with Crippen molar-refractivity contribution < 1.29 is 9.59 Å². The van der Waals surface area contributed by atoms with E-state index in [1.807, 2.05) is 71.3 Å². The molecule has 0 radical (unpaired) electrons. The maximum atomic E-state index is 13.3. The third-order valence-corrected chi connectivity index (χ3v) is 11.1. The minimum Gasteiger partial charge on any atom is -0.352 e. The van der Waals surface area contributed by atoms with E-state index in [4.69, 9.17) is 39.8 Å². The highest BCUT2D eigenvalue weighted by molar-refractivity contribution is 6.39. The molecule has 11 nitrogen and oxygen atoms in total. The minimum absolute atomic E-state index is 0.0604. The van der Waals surface area contributed by atoms with E-state index in [9.17, 15) is 14.4 Å². The van der Waals surface area contributed by atoms with E-state index in [0.717, 1.165) is 51.9 Å². The zero-order valence-electron chi connectivity index (χ0n) is 28.5. The van der Waals surface area contributed by atoms with Gasteiger partial charge < -0.3 is 21.3 Å². The molecule has 14 heteroatoms. The van der Waals surface area contributed by atoms with Crippen LogP contribution in [0.2, 0.25) is 15.2 Å². The third kappa shape index (κ3) is 7.15. The average Bonchev–Trinajstić information content (AvgIpc) is 3.86. The van der Waals surface area contributed by atoms with Crippen LogP contribution >= 0.6 is 34.8 Å². The Morgan fingerprint density at radius 2 is 1.25 bits per heavy atom. The van der Waals surface area contributed by atoms with Gasteiger partial charge in [0.2, 0.25) is 11.8 Å². The normalized spacial score (nSPS) is 17.2. The van der Waals surface area contributed by atoms with Crippen molar-refractivity contribution in [3.8, 4) is 33.4 Å². The summed E-state index contributed by atoms with van der Waals surface area (Å²) in [5.41, 5.74) is 7.08. The molecule has 53 heavy (non-hydrogen) atoms. The molecule has 2 aromatic carbocycles. The molecule has 8 rings (SSSR count). The molecule has 0 spiro atoms. The molecule has 2 amide bonds. The van der Waals surface area contributed by atoms with Crippen LogP contribution in [0.3, 0.4) is 0 Å². The first-order valence-electron chi connectivity index (χ1n) is 17.5. The lowest BCUT2D eigenvalue weighted by Crippen LogP contribution is -2.36. The second kappa shape index (κ2) is 14.9. The van der Waals surface area contributed by atoms with Gasteiger partial charge in [-0.15, -0.1) is 0 Å². The first-order chi connectivity index (χ1) is 25.7. The fourth-order valence-corrected chi connectivity index (χ4v) is 8.00. The van der Waals surface area contributed by atoms with Crippen molar-refractivity contribution in [2.75, 3.05) is 13.1 Å². The summed E-state index contributed by atoms with van der Waals surface area (Å²) in [6.45, 7) is 2.06. The third-order valence-electron chi connectivity index (χ3n) is 9.88. The number of nitrogens with one attached hydrogen (secondary N) is 4. The van der Waals surface area contributed by atoms with Crippen LogP contribution in [0.4, 0.5) is 0 Å². The fraction of sp³-hybridized carbons (Fsp3) is 0.256. The molecule has 4 aromatic heterocycles. The van der Waals surface area contributed by atoms with Gasteiger partial charge in [0.25, 0.3) is 5.56 Å². The molecule has 270 valence electrons. The van der Waals surface area contributed by atoms with Crippen LogP contribution in [0.15, 0.2) is 84.0 Å². The van der Waals surface area contributed by atoms with Crippen LogP contribution in [-0.2, 0) is 22.7 Å². The van der Waals surface area contributed by atoms with E-state index >= 15 is 0 Å². The lowest BCUT2D eigenvalue weighted by molar-refractivity contribution is -0.120. The number of fused-ring (bicyclic) bond motifs is 2. The summed E-state index contributed by atoms with van der Waals surface area (Å²) in [6, 6.07) is 19.4. The number of amides is 2. The van der Waals surface area contributed by atoms with Gasteiger partial charge in [0.05, 0.1) is 15.7 Å². The minimum atomic E-state index is -0.160. The molecule has 2 aliphatic heterocycles. The molecule has 2 atom stereocenters. The maximum Gasteiger partial charge on any atom is 0.262 e. The van der Waals surface area contributed by atoms with Crippen molar-refractivity contribution in [3.63, 3.8) is 0 Å². The van der Waals surface area contributed by atoms with Crippen molar-refractivity contribution in [2.24, 2.45) is 0 Å². The van der Waals surface area contributed by atoms with E-state index in [1.165, 1.54) is 4.40 Å². The molecular formula is C39H35Cl3N8O3. The van der Waals surface area contributed by atoms with Gasteiger partial charge >= 0.3 is 0 Å². The predicted molar refractivity (Wildman–Crippen MR) is 207 cm³/mol. The number of carbonyl (C=O) groups excluding carboxylic acids is 2. The van der Waals surface area contributed by atoms with Crippen molar-refractivity contribution in [2.45, 2.75) is 50.9 Å². The largest absolute Gasteiger partial charge is 0.352 e. The van der Waals surface area contributed by atoms with Crippen LogP contribution in [-0.4, -0.2) is 55.8 Å². The van der Waals surface area contributed by atoms with Gasteiger partial charge in [-0.3, -0.25) is 23.2 Å². The number of benzene rings is 2. The summed E-state index contributed by atoms with van der Waals surface area (Å²) in [5.74, 6) is 0.146. The monoisotopic (exact) mass is 768 g/mol. The SMILES string of the molecule is O=C1CC[C@H](CNCc2nc3cc(-c4cccc(-c5cccc(-c6ccn7c(=O)c(CNC[C@@H]8CCC(=O)N8)cnc7c6)c5Cl)c4Cl)ccn3c2Cl)N1. The molecular weight excluding hydrogens is 735 g/mol. The molecule has 0 unspecified atom stereocenters. The number of aromatic nitrogens is 4. The lowest BCUT2D eigenvalue weighted by atomic mass is 9.96. The standard InChI is InChI=1S/C39H35Cl3N8O3/c40-36-27(22-12-14-50-32(15-22)45-18-24(39(50)53)17-43-19-25-7-9-34(51)46-25)3-1-5-29(36)30-6-2-4-28(37(30)41)23-11-13-49-33(16-23)48-31(38(49)42)21-44-20-26-8-10-35(52)47-26/h1-6,11-16,18,25-26,43-44H,7-10,17,19-21H2,(H,46,51)(H,47,52)/t25-,26+/m0/s1. The van der Waals surface area contributed by atoms with Crippen molar-refractivity contribution >= 4 is 57.9 Å². The molecule has 2 fully saturated rings. The van der Waals surface area contributed by atoms with Gasteiger partial charge in [-0.05, 0) is 48.2 Å². The first kappa shape index (κ1) is 35.3. The van der Waals surface area contributed by atoms with Crippen LogP contribution in [0.5, 0.6) is 0 Å². The topological polar surface area (TPSA) is 134 Å². The van der Waals surface area contributed by atoms with Crippen LogP contribution in [0.1, 0.15) is 36.9 Å². The van der Waals surface area contributed by atoms with Gasteiger partial charge in [0.1, 0.15) is 16.4 Å². The zero-order chi connectivity index (χ0) is 36.6. The number of imidazole rings is 1. The summed E-state index contributed by atoms with van der Waals surface area (Å²) in [5, 5.41) is 14.1. The second-order valence-corrected chi connectivity index (χ2v) is 14.5. The summed E-state index contributed by atoms with van der Waals surface area (Å²) in [7, 11) is 0. The Morgan fingerprint density at radius 1 is 0.698 bits per heavy atom. The molecule has 2 saturated heterocycles. The van der Waals surface area contributed by atoms with Crippen molar-refractivity contribution in [1.29, 1.82) is 0 Å². The molecule has 4 N–H and O–H groups in total. The van der Waals surface area contributed by atoms with Gasteiger partial charge in [0, 0.05) is 97.5 Å². The lowest BCUT2D eigenvalue weighted by Gasteiger charge is -2.15. The molecule has 0 saturated carbocycles. The Labute approximate surface area is 319 Å². The summed E-state index contributed by atoms with van der Waals surface area (Å²) in [4.78, 5) is 45.6. The Kier molecular flexibility index (Phi) is 9.93. The smallest absolute Gasteiger partial charge is 0.262 e. The highest BCUT2D eigenvalue weighted by Crippen LogP contribution is 2.42. The van der Waals surface area contributed by atoms with E-state index in [2.05, 4.69) is 26.3 Å². The number of halogens is 3. The number of nitrogens with zero attached hydrogens (tertiary/aromatic N) is 4. The highest BCUT2D eigenvalue weighted by Gasteiger charge is 2.22. The van der Waals surface area contributed by atoms with E-state index in [-0.39, 0.29) is 29.5 Å². The number of hydrogen-bond acceptors (Lipinski definition) is 7. The molecule has 6 aromatic rings. The number of pyridine rings is 2. The van der Waals surface area contributed by atoms with Gasteiger partial charge in [0.15, 0.2) is 0 Å². The number of carbonyl (C=O) groups is 2. The summed E-state index contributed by atoms with van der Waals surface area (Å²) < 4.78 is 3.36. The molecule has 0 aliphatic carbocycles. The maximum absolute atomic E-state index is 13.3. The van der Waals surface area contributed by atoms with Crippen LogP contribution in [0.25, 0.3) is 44.7 Å². The van der Waals surface area contributed by atoms with Crippen LogP contribution in [0, 0.1) is 0 Å². The Morgan fingerprint density at radius 3 is 1.83 bits per heavy atom. The van der Waals surface area contributed by atoms with Crippen LogP contribution < -0.4 is 26.8 Å². The van der Waals surface area contributed by atoms with Gasteiger partial charge in [-0.25, -0.2) is 9.97 Å². The van der Waals surface area contributed by atoms with E-state index in [0.29, 0.717) is 71.1 Å². The summed E-state index contributed by atoms with van der Waals surface area (Å²) >= 11 is 21.0. The Balaban J connectivity index is 1.02. The first-order valence-corrected chi connectivity index (χ1v) is 18.6. The predicted octanol–water partition coefficient (Wildman–Crippen LogP) is 6.04. The number of rotatable bonds is 11. The van der Waals surface area contributed by atoms with E-state index in [1.54, 1.807) is 12.4 Å². The fourth-order valence-electron chi connectivity index (χ4n) is 7.08. The summed E-state index contributed by atoms with van der Waals surface area (Å²) in [6.07, 6.45) is 7.89. The number of hydrogen-bond donors (Lipinski definition) is 4. The van der Waals surface area contributed by atoms with Crippen molar-refractivity contribution in [1.82, 2.24) is 40.0 Å². The highest BCUT2D eigenvalue weighted by atomic mass is 35.5. The Hall–Kier alpha value is -4.78. The second-order valence-electron chi connectivity index (χ2n) is 13.4. The quantitative estimate of drug-likeness (QED) is 0.126. The van der Waals surface area contributed by atoms with E-state index < -0.39 is 0 Å². The van der Waals surface area contributed by atoms with Gasteiger partial charge in [-0.2, -0.15) is 0 Å². The van der Waals surface area contributed by atoms with Gasteiger partial charge in [-0.1, -0.05) is 71.2 Å². The Bertz CT molecular complexity index is 2460. The molecule has 0 bridgehead atoms. The zero-order valence-corrected chi connectivity index (χ0v) is 30.7.